The van der Waals surface area contributed by atoms with Crippen LogP contribution in [-0.4, -0.2) is 25.7 Å². The van der Waals surface area contributed by atoms with Gasteiger partial charge in [-0.25, -0.2) is 0 Å². The number of carbonyl (C=O) groups excluding carboxylic acids is 1. The van der Waals surface area contributed by atoms with E-state index in [0.717, 1.165) is 12.1 Å². The molecule has 1 aliphatic heterocycles. The number of nitrogens with one attached hydrogen (secondary N) is 1. The number of aliphatic hydroxyl groups excluding tert-OH is 1. The van der Waals surface area contributed by atoms with Crippen molar-refractivity contribution in [3.8, 4) is 0 Å². The van der Waals surface area contributed by atoms with Crippen molar-refractivity contribution in [2.75, 3.05) is 6.61 Å². The van der Waals surface area contributed by atoms with Gasteiger partial charge in [0.2, 0.25) is 5.91 Å². The Balaban J connectivity index is 2.07. The van der Waals surface area contributed by atoms with Crippen molar-refractivity contribution in [2.45, 2.75) is 19.5 Å². The highest BCUT2D eigenvalue weighted by atomic mass is 28.3. The van der Waals surface area contributed by atoms with E-state index in [2.05, 4.69) is 36.6 Å². The summed E-state index contributed by atoms with van der Waals surface area (Å²) in [7, 11) is -1.51. The topological polar surface area (TPSA) is 49.3 Å². The van der Waals surface area contributed by atoms with Crippen molar-refractivity contribution in [1.82, 2.24) is 5.32 Å². The molecule has 88 valence electrons. The maximum atomic E-state index is 11.3. The summed E-state index contributed by atoms with van der Waals surface area (Å²) in [6.45, 7) is 4.18. The Labute approximate surface area is 101 Å². The minimum Gasteiger partial charge on any atom is -0.387 e. The molecule has 0 radical (unpaired) electrons. The van der Waals surface area contributed by atoms with Crippen molar-refractivity contribution in [1.29, 1.82) is 0 Å². The second-order valence-electron chi connectivity index (χ2n) is 5.20. The lowest BCUT2D eigenvalue weighted by atomic mass is 10.1. The predicted molar refractivity (Wildman–Crippen MR) is 69.4 cm³/mol. The largest absolute Gasteiger partial charge is 0.387 e. The Kier molecular flexibility index (Phi) is 2.09. The molecule has 0 bridgehead atoms. The second kappa shape index (κ2) is 3.30. The summed E-state index contributed by atoms with van der Waals surface area (Å²) in [5.74, 6) is -0.307. The van der Waals surface area contributed by atoms with Crippen molar-refractivity contribution in [3.05, 3.63) is 35.0 Å². The number of hydrogen-bond donors (Lipinski definition) is 2. The Morgan fingerprint density at radius 2 is 2.24 bits per heavy atom. The molecule has 1 aromatic rings. The van der Waals surface area contributed by atoms with E-state index >= 15 is 0 Å². The summed E-state index contributed by atoms with van der Waals surface area (Å²) in [4.78, 5) is 11.3. The summed E-state index contributed by atoms with van der Waals surface area (Å²) in [5, 5.41) is 14.5. The summed E-state index contributed by atoms with van der Waals surface area (Å²) < 4.78 is 0. The number of rotatable bonds is 2. The van der Waals surface area contributed by atoms with Gasteiger partial charge in [0, 0.05) is 12.1 Å². The minimum atomic E-state index is -1.51. The molecule has 0 aromatic heterocycles. The molecular weight excluding hydrogens is 230 g/mol. The van der Waals surface area contributed by atoms with E-state index < -0.39 is 14.7 Å². The number of carbonyl (C=O) groups is 1. The standard InChI is InChI=1S/C13H15NO2Si/c1-17(2)10-5-3-4-8-6-9(13(17)12(8)10)14-11(16)7-15/h3-5,15H,6-7H2,1-2H3,(H,14,16). The highest BCUT2D eigenvalue weighted by Crippen LogP contribution is 2.44. The molecule has 0 atom stereocenters. The van der Waals surface area contributed by atoms with Crippen LogP contribution in [0.15, 0.2) is 23.9 Å². The molecule has 0 unspecified atom stereocenters. The van der Waals surface area contributed by atoms with Gasteiger partial charge in [-0.3, -0.25) is 4.79 Å². The Hall–Kier alpha value is -1.39. The summed E-state index contributed by atoms with van der Waals surface area (Å²) in [5.41, 5.74) is 3.71. The first kappa shape index (κ1) is 10.7. The molecular formula is C13H15NO2Si. The maximum Gasteiger partial charge on any atom is 0.249 e. The third-order valence-electron chi connectivity index (χ3n) is 3.80. The molecule has 1 aromatic carbocycles. The van der Waals surface area contributed by atoms with Gasteiger partial charge in [-0.05, 0) is 21.5 Å². The Bertz CT molecular complexity index is 561. The van der Waals surface area contributed by atoms with Gasteiger partial charge >= 0.3 is 0 Å². The predicted octanol–water partition coefficient (Wildman–Crippen LogP) is 0.531. The molecule has 0 spiro atoms. The van der Waals surface area contributed by atoms with Gasteiger partial charge in [0.1, 0.15) is 14.7 Å². The van der Waals surface area contributed by atoms with Crippen LogP contribution in [0, 0.1) is 0 Å². The van der Waals surface area contributed by atoms with Crippen LogP contribution in [0.3, 0.4) is 0 Å². The fraction of sp³-hybridized carbons (Fsp3) is 0.308. The highest BCUT2D eigenvalue weighted by molar-refractivity contribution is 7.10. The fourth-order valence-electron chi connectivity index (χ4n) is 3.07. The van der Waals surface area contributed by atoms with Crippen molar-refractivity contribution in [3.63, 3.8) is 0 Å². The SMILES string of the molecule is C[Si]1(C)C2=C(NC(=O)CO)Cc3cccc1c32. The lowest BCUT2D eigenvalue weighted by Crippen LogP contribution is -2.55. The minimum absolute atomic E-state index is 0.307. The fourth-order valence-corrected chi connectivity index (χ4v) is 6.40. The third-order valence-corrected chi connectivity index (χ3v) is 7.37. The zero-order chi connectivity index (χ0) is 12.2. The summed E-state index contributed by atoms with van der Waals surface area (Å²) in [6.07, 6.45) is 0.806. The Morgan fingerprint density at radius 3 is 2.94 bits per heavy atom. The molecule has 3 rings (SSSR count). The molecule has 3 nitrogen and oxygen atoms in total. The number of hydrogen-bond acceptors (Lipinski definition) is 2. The van der Waals surface area contributed by atoms with Crippen LogP contribution in [-0.2, 0) is 11.2 Å². The smallest absolute Gasteiger partial charge is 0.249 e. The van der Waals surface area contributed by atoms with Crippen LogP contribution in [0.1, 0.15) is 11.1 Å². The first-order valence-corrected chi connectivity index (χ1v) is 8.83. The molecule has 0 fully saturated rings. The number of amides is 1. The zero-order valence-electron chi connectivity index (χ0n) is 10.0. The average Bonchev–Trinajstić information content (AvgIpc) is 2.65. The van der Waals surface area contributed by atoms with Crippen LogP contribution >= 0.6 is 0 Å². The van der Waals surface area contributed by atoms with E-state index in [1.54, 1.807) is 0 Å². The van der Waals surface area contributed by atoms with E-state index in [1.165, 1.54) is 21.5 Å². The molecule has 2 N–H and O–H groups in total. The third kappa shape index (κ3) is 1.28. The first-order chi connectivity index (χ1) is 8.05. The van der Waals surface area contributed by atoms with E-state index in [9.17, 15) is 4.79 Å². The van der Waals surface area contributed by atoms with Crippen LogP contribution in [0.25, 0.3) is 5.20 Å². The van der Waals surface area contributed by atoms with Gasteiger partial charge < -0.3 is 10.4 Å². The summed E-state index contributed by atoms with van der Waals surface area (Å²) in [6, 6.07) is 6.45. The normalized spacial score (nSPS) is 18.8. The van der Waals surface area contributed by atoms with Crippen molar-refractivity contribution in [2.24, 2.45) is 0 Å². The van der Waals surface area contributed by atoms with E-state index in [0.29, 0.717) is 0 Å². The quantitative estimate of drug-likeness (QED) is 0.747. The number of allylic oxidation sites excluding steroid dienone is 1. The molecule has 17 heavy (non-hydrogen) atoms. The summed E-state index contributed by atoms with van der Waals surface area (Å²) >= 11 is 0. The lowest BCUT2D eigenvalue weighted by molar-refractivity contribution is -0.123. The van der Waals surface area contributed by atoms with Gasteiger partial charge in [0.05, 0.1) is 0 Å². The van der Waals surface area contributed by atoms with Gasteiger partial charge in [0.25, 0.3) is 0 Å². The second-order valence-corrected chi connectivity index (χ2v) is 9.49. The van der Waals surface area contributed by atoms with Crippen molar-refractivity contribution < 1.29 is 9.90 Å². The molecule has 0 saturated heterocycles. The van der Waals surface area contributed by atoms with E-state index in [-0.39, 0.29) is 5.91 Å². The molecule has 1 heterocycles. The maximum absolute atomic E-state index is 11.3. The number of benzene rings is 1. The van der Waals surface area contributed by atoms with Gasteiger partial charge in [-0.1, -0.05) is 31.3 Å². The van der Waals surface area contributed by atoms with E-state index in [1.807, 2.05) is 0 Å². The van der Waals surface area contributed by atoms with Gasteiger partial charge in [-0.2, -0.15) is 0 Å². The van der Waals surface area contributed by atoms with E-state index in [4.69, 9.17) is 5.11 Å². The molecule has 0 saturated carbocycles. The van der Waals surface area contributed by atoms with Crippen LogP contribution in [0.2, 0.25) is 13.1 Å². The van der Waals surface area contributed by atoms with Gasteiger partial charge in [0.15, 0.2) is 0 Å². The lowest BCUT2D eigenvalue weighted by Gasteiger charge is -2.39. The van der Waals surface area contributed by atoms with Crippen molar-refractivity contribution >= 4 is 24.4 Å². The van der Waals surface area contributed by atoms with Crippen LogP contribution < -0.4 is 10.5 Å². The zero-order valence-corrected chi connectivity index (χ0v) is 11.0. The Morgan fingerprint density at radius 1 is 1.47 bits per heavy atom. The molecule has 2 aliphatic rings. The highest BCUT2D eigenvalue weighted by Gasteiger charge is 2.47. The van der Waals surface area contributed by atoms with Crippen LogP contribution in [0.5, 0.6) is 0 Å². The monoisotopic (exact) mass is 245 g/mol. The molecule has 1 amide bonds. The molecule has 1 aliphatic carbocycles. The van der Waals surface area contributed by atoms with Gasteiger partial charge in [-0.15, -0.1) is 0 Å². The average molecular weight is 245 g/mol. The van der Waals surface area contributed by atoms with Crippen LogP contribution in [0.4, 0.5) is 0 Å². The number of aliphatic hydroxyl groups is 1. The first-order valence-electron chi connectivity index (χ1n) is 5.83. The molecule has 4 heteroatoms.